The number of nitrogens with one attached hydrogen (secondary N) is 1. The Kier molecular flexibility index (Phi) is 2.54. The minimum atomic E-state index is -0.449. The third-order valence-electron chi connectivity index (χ3n) is 4.21. The lowest BCUT2D eigenvalue weighted by Gasteiger charge is -2.45. The molecule has 1 fully saturated rings. The third kappa shape index (κ3) is 1.38. The number of fused-ring (bicyclic) bond motifs is 1. The molecule has 0 atom stereocenters. The quantitative estimate of drug-likeness (QED) is 0.828. The van der Waals surface area contributed by atoms with Crippen LogP contribution in [-0.2, 0) is 4.79 Å². The number of carbonyl (C=O) groups excluding carboxylic acids is 1. The molecule has 3 nitrogen and oxygen atoms in total. The summed E-state index contributed by atoms with van der Waals surface area (Å²) in [7, 11) is 0. The van der Waals surface area contributed by atoms with Gasteiger partial charge in [-0.2, -0.15) is 0 Å². The van der Waals surface area contributed by atoms with Crippen LogP contribution in [-0.4, -0.2) is 18.0 Å². The first-order valence-electron chi connectivity index (χ1n) is 6.56. The van der Waals surface area contributed by atoms with Crippen molar-refractivity contribution >= 4 is 17.3 Å². The van der Waals surface area contributed by atoms with E-state index in [2.05, 4.69) is 10.2 Å². The molecule has 1 aromatic rings. The minimum Gasteiger partial charge on any atom is -0.356 e. The standard InChI is InChI=1S/C14H17FN2O/c1-2-17-11-7-5-6-10(15)12(11)16-13(18)14(17)8-3-4-9-14/h5-7H,2-4,8-9H2,1H3,(H,16,18). The summed E-state index contributed by atoms with van der Waals surface area (Å²) in [6, 6.07) is 4.98. The number of halogens is 1. The Hall–Kier alpha value is -1.58. The Labute approximate surface area is 106 Å². The largest absolute Gasteiger partial charge is 0.356 e. The van der Waals surface area contributed by atoms with Crippen LogP contribution in [0.5, 0.6) is 0 Å². The fraction of sp³-hybridized carbons (Fsp3) is 0.500. The Balaban J connectivity index is 2.15. The number of hydrogen-bond donors (Lipinski definition) is 1. The van der Waals surface area contributed by atoms with Crippen LogP contribution in [0.1, 0.15) is 32.6 Å². The lowest BCUT2D eigenvalue weighted by molar-refractivity contribution is -0.121. The van der Waals surface area contributed by atoms with Gasteiger partial charge in [0.1, 0.15) is 17.0 Å². The number of carbonyl (C=O) groups is 1. The molecule has 0 unspecified atom stereocenters. The average Bonchev–Trinajstić information content (AvgIpc) is 2.83. The fourth-order valence-corrected chi connectivity index (χ4v) is 3.37. The van der Waals surface area contributed by atoms with Gasteiger partial charge in [-0.3, -0.25) is 4.79 Å². The van der Waals surface area contributed by atoms with Crippen LogP contribution in [0.25, 0.3) is 0 Å². The highest BCUT2D eigenvalue weighted by Gasteiger charge is 2.49. The van der Waals surface area contributed by atoms with Gasteiger partial charge in [0, 0.05) is 6.54 Å². The highest BCUT2D eigenvalue weighted by atomic mass is 19.1. The maximum Gasteiger partial charge on any atom is 0.250 e. The van der Waals surface area contributed by atoms with Crippen molar-refractivity contribution in [3.05, 3.63) is 24.0 Å². The molecule has 4 heteroatoms. The third-order valence-corrected chi connectivity index (χ3v) is 4.21. The molecule has 18 heavy (non-hydrogen) atoms. The topological polar surface area (TPSA) is 32.3 Å². The second-order valence-corrected chi connectivity index (χ2v) is 5.07. The molecule has 0 saturated heterocycles. The Morgan fingerprint density at radius 3 is 2.78 bits per heavy atom. The molecule has 1 heterocycles. The summed E-state index contributed by atoms with van der Waals surface area (Å²) >= 11 is 0. The second kappa shape index (κ2) is 3.97. The average molecular weight is 248 g/mol. The molecule has 1 N–H and O–H groups in total. The molecular weight excluding hydrogens is 231 g/mol. The van der Waals surface area contributed by atoms with Crippen molar-refractivity contribution in [1.82, 2.24) is 0 Å². The molecule has 0 radical (unpaired) electrons. The van der Waals surface area contributed by atoms with Crippen LogP contribution in [0.3, 0.4) is 0 Å². The first-order valence-corrected chi connectivity index (χ1v) is 6.56. The van der Waals surface area contributed by atoms with E-state index in [1.54, 1.807) is 6.07 Å². The number of rotatable bonds is 1. The monoisotopic (exact) mass is 248 g/mol. The molecule has 1 aliphatic carbocycles. The number of anilines is 2. The zero-order valence-corrected chi connectivity index (χ0v) is 10.5. The maximum absolute atomic E-state index is 13.8. The summed E-state index contributed by atoms with van der Waals surface area (Å²) in [6.07, 6.45) is 3.86. The maximum atomic E-state index is 13.8. The summed E-state index contributed by atoms with van der Waals surface area (Å²) in [5, 5.41) is 2.77. The van der Waals surface area contributed by atoms with E-state index in [0.29, 0.717) is 5.69 Å². The van der Waals surface area contributed by atoms with Gasteiger partial charge >= 0.3 is 0 Å². The van der Waals surface area contributed by atoms with E-state index < -0.39 is 5.54 Å². The molecule has 1 amide bonds. The van der Waals surface area contributed by atoms with Crippen LogP contribution in [0, 0.1) is 5.82 Å². The summed E-state index contributed by atoms with van der Waals surface area (Å²) in [5.41, 5.74) is 0.705. The van der Waals surface area contributed by atoms with Crippen molar-refractivity contribution in [1.29, 1.82) is 0 Å². The number of benzene rings is 1. The van der Waals surface area contributed by atoms with Gasteiger partial charge in [-0.05, 0) is 31.9 Å². The van der Waals surface area contributed by atoms with E-state index in [4.69, 9.17) is 0 Å². The van der Waals surface area contributed by atoms with E-state index in [1.165, 1.54) is 6.07 Å². The van der Waals surface area contributed by atoms with Crippen molar-refractivity contribution in [3.63, 3.8) is 0 Å². The first kappa shape index (κ1) is 11.5. The van der Waals surface area contributed by atoms with Crippen molar-refractivity contribution in [2.45, 2.75) is 38.1 Å². The molecule has 96 valence electrons. The van der Waals surface area contributed by atoms with Crippen LogP contribution in [0.15, 0.2) is 18.2 Å². The van der Waals surface area contributed by atoms with Crippen molar-refractivity contribution in [2.24, 2.45) is 0 Å². The Morgan fingerprint density at radius 1 is 1.39 bits per heavy atom. The number of para-hydroxylation sites is 1. The van der Waals surface area contributed by atoms with Crippen molar-refractivity contribution in [2.75, 3.05) is 16.8 Å². The van der Waals surface area contributed by atoms with E-state index >= 15 is 0 Å². The Morgan fingerprint density at radius 2 is 2.11 bits per heavy atom. The SMILES string of the molecule is CCN1c2cccc(F)c2NC(=O)C12CCCC2. The second-order valence-electron chi connectivity index (χ2n) is 5.07. The van der Waals surface area contributed by atoms with Crippen LogP contribution in [0.4, 0.5) is 15.8 Å². The molecule has 0 bridgehead atoms. The molecule has 1 aromatic carbocycles. The van der Waals surface area contributed by atoms with Gasteiger partial charge < -0.3 is 10.2 Å². The molecule has 1 saturated carbocycles. The van der Waals surface area contributed by atoms with Crippen LogP contribution >= 0.6 is 0 Å². The van der Waals surface area contributed by atoms with Gasteiger partial charge in [0.05, 0.1) is 5.69 Å². The van der Waals surface area contributed by atoms with Gasteiger partial charge in [0.15, 0.2) is 0 Å². The van der Waals surface area contributed by atoms with E-state index in [0.717, 1.165) is 37.9 Å². The summed E-state index contributed by atoms with van der Waals surface area (Å²) < 4.78 is 13.8. The molecule has 0 aromatic heterocycles. The van der Waals surface area contributed by atoms with Crippen molar-refractivity contribution in [3.8, 4) is 0 Å². The molecule has 1 spiro atoms. The Bertz CT molecular complexity index is 495. The van der Waals surface area contributed by atoms with E-state index in [1.807, 2.05) is 13.0 Å². The number of nitrogens with zero attached hydrogens (tertiary/aromatic N) is 1. The predicted octanol–water partition coefficient (Wildman–Crippen LogP) is 2.92. The zero-order chi connectivity index (χ0) is 12.8. The van der Waals surface area contributed by atoms with Gasteiger partial charge in [0.25, 0.3) is 0 Å². The fourth-order valence-electron chi connectivity index (χ4n) is 3.37. The number of likely N-dealkylation sites (N-methyl/N-ethyl adjacent to an activating group) is 1. The molecule has 1 aliphatic heterocycles. The minimum absolute atomic E-state index is 0.0422. The molecular formula is C14H17FN2O. The lowest BCUT2D eigenvalue weighted by atomic mass is 9.90. The highest BCUT2D eigenvalue weighted by molar-refractivity contribution is 6.07. The van der Waals surface area contributed by atoms with Gasteiger partial charge in [-0.1, -0.05) is 18.9 Å². The van der Waals surface area contributed by atoms with Crippen molar-refractivity contribution < 1.29 is 9.18 Å². The highest BCUT2D eigenvalue weighted by Crippen LogP contribution is 2.45. The normalized spacial score (nSPS) is 21.0. The molecule has 3 rings (SSSR count). The molecule has 2 aliphatic rings. The number of amides is 1. The van der Waals surface area contributed by atoms with Crippen LogP contribution in [0.2, 0.25) is 0 Å². The van der Waals surface area contributed by atoms with Crippen LogP contribution < -0.4 is 10.2 Å². The predicted molar refractivity (Wildman–Crippen MR) is 69.2 cm³/mol. The van der Waals surface area contributed by atoms with Gasteiger partial charge in [-0.25, -0.2) is 4.39 Å². The summed E-state index contributed by atoms with van der Waals surface area (Å²) in [6.45, 7) is 2.75. The van der Waals surface area contributed by atoms with Gasteiger partial charge in [-0.15, -0.1) is 0 Å². The van der Waals surface area contributed by atoms with E-state index in [-0.39, 0.29) is 11.7 Å². The number of hydrogen-bond acceptors (Lipinski definition) is 2. The lowest BCUT2D eigenvalue weighted by Crippen LogP contribution is -2.58. The summed E-state index contributed by atoms with van der Waals surface area (Å²) in [5.74, 6) is -0.397. The smallest absolute Gasteiger partial charge is 0.250 e. The van der Waals surface area contributed by atoms with Gasteiger partial charge in [0.2, 0.25) is 5.91 Å². The zero-order valence-electron chi connectivity index (χ0n) is 10.5. The summed E-state index contributed by atoms with van der Waals surface area (Å²) in [4.78, 5) is 14.5. The first-order chi connectivity index (χ1) is 8.69. The van der Waals surface area contributed by atoms with E-state index in [9.17, 15) is 9.18 Å².